The van der Waals surface area contributed by atoms with Crippen LogP contribution in [-0.4, -0.2) is 24.1 Å². The molecule has 126 valence electrons. The van der Waals surface area contributed by atoms with Gasteiger partial charge in [-0.3, -0.25) is 4.79 Å². The first kappa shape index (κ1) is 17.5. The quantitative estimate of drug-likeness (QED) is 0.892. The molecule has 2 aromatic rings. The number of carbonyl (C=O) groups is 2. The van der Waals surface area contributed by atoms with Crippen molar-refractivity contribution in [2.75, 3.05) is 12.4 Å². The highest BCUT2D eigenvalue weighted by Gasteiger charge is 2.16. The highest BCUT2D eigenvalue weighted by Crippen LogP contribution is 2.27. The number of ether oxygens (including phenoxy) is 1. The molecule has 2 aromatic carbocycles. The van der Waals surface area contributed by atoms with Crippen LogP contribution in [0.3, 0.4) is 0 Å². The number of rotatable bonds is 4. The van der Waals surface area contributed by atoms with E-state index in [1.54, 1.807) is 12.1 Å². The van der Waals surface area contributed by atoms with Crippen LogP contribution in [0.5, 0.6) is 5.75 Å². The van der Waals surface area contributed by atoms with E-state index in [1.807, 2.05) is 12.1 Å². The van der Waals surface area contributed by atoms with Crippen LogP contribution in [0.4, 0.5) is 5.69 Å². The second kappa shape index (κ2) is 6.74. The minimum Gasteiger partial charge on any atom is -0.495 e. The number of nitrogens with one attached hydrogen (secondary N) is 1. The zero-order valence-electron chi connectivity index (χ0n) is 14.2. The Bertz CT molecular complexity index is 758. The maximum Gasteiger partial charge on any atom is 0.335 e. The van der Waals surface area contributed by atoms with Gasteiger partial charge < -0.3 is 15.2 Å². The van der Waals surface area contributed by atoms with E-state index < -0.39 is 5.97 Å². The minimum atomic E-state index is -1.05. The second-order valence-corrected chi connectivity index (χ2v) is 6.50. The molecular formula is C19H21NO4. The molecule has 0 aliphatic rings. The number of amides is 1. The number of carbonyl (C=O) groups excluding carboxylic acids is 1. The van der Waals surface area contributed by atoms with Crippen LogP contribution in [0.25, 0.3) is 0 Å². The lowest BCUT2D eigenvalue weighted by Crippen LogP contribution is -2.15. The Hall–Kier alpha value is -2.82. The van der Waals surface area contributed by atoms with Gasteiger partial charge in [0.2, 0.25) is 0 Å². The first-order chi connectivity index (χ1) is 11.2. The topological polar surface area (TPSA) is 75.6 Å². The summed E-state index contributed by atoms with van der Waals surface area (Å²) >= 11 is 0. The molecule has 2 N–H and O–H groups in total. The van der Waals surface area contributed by atoms with Crippen molar-refractivity contribution in [1.82, 2.24) is 0 Å². The molecule has 5 heteroatoms. The fourth-order valence-corrected chi connectivity index (χ4v) is 2.24. The van der Waals surface area contributed by atoms with E-state index in [0.29, 0.717) is 17.0 Å². The van der Waals surface area contributed by atoms with Gasteiger partial charge in [-0.25, -0.2) is 4.79 Å². The standard InChI is InChI=1S/C19H21NO4/c1-19(2,3)14-8-5-12(6-9-14)17(21)20-15-10-7-13(18(22)23)11-16(15)24-4/h5-11H,1-4H3,(H,20,21)(H,22,23). The Morgan fingerprint density at radius 2 is 1.58 bits per heavy atom. The lowest BCUT2D eigenvalue weighted by Gasteiger charge is -2.19. The number of anilines is 1. The van der Waals surface area contributed by atoms with Gasteiger partial charge in [-0.05, 0) is 41.3 Å². The van der Waals surface area contributed by atoms with Gasteiger partial charge >= 0.3 is 5.97 Å². The molecular weight excluding hydrogens is 306 g/mol. The number of hydrogen-bond donors (Lipinski definition) is 2. The molecule has 0 fully saturated rings. The third-order valence-electron chi connectivity index (χ3n) is 3.71. The lowest BCUT2D eigenvalue weighted by atomic mass is 9.87. The predicted octanol–water partition coefficient (Wildman–Crippen LogP) is 3.94. The highest BCUT2D eigenvalue weighted by molar-refractivity contribution is 6.05. The zero-order chi connectivity index (χ0) is 17.9. The Morgan fingerprint density at radius 1 is 1.00 bits per heavy atom. The molecule has 24 heavy (non-hydrogen) atoms. The minimum absolute atomic E-state index is 0.0187. The number of carboxylic acids is 1. The Labute approximate surface area is 141 Å². The lowest BCUT2D eigenvalue weighted by molar-refractivity contribution is 0.0696. The van der Waals surface area contributed by atoms with Crippen molar-refractivity contribution < 1.29 is 19.4 Å². The maximum atomic E-state index is 12.4. The van der Waals surface area contributed by atoms with Gasteiger partial charge in [0.25, 0.3) is 5.91 Å². The molecule has 0 saturated carbocycles. The van der Waals surface area contributed by atoms with Crippen molar-refractivity contribution in [3.63, 3.8) is 0 Å². The molecule has 0 unspecified atom stereocenters. The SMILES string of the molecule is COc1cc(C(=O)O)ccc1NC(=O)c1ccc(C(C)(C)C)cc1. The molecule has 1 amide bonds. The second-order valence-electron chi connectivity index (χ2n) is 6.50. The van der Waals surface area contributed by atoms with Crippen molar-refractivity contribution >= 4 is 17.6 Å². The summed E-state index contributed by atoms with van der Waals surface area (Å²) in [5, 5.41) is 11.7. The van der Waals surface area contributed by atoms with Crippen LogP contribution in [0.15, 0.2) is 42.5 Å². The van der Waals surface area contributed by atoms with Crippen molar-refractivity contribution in [2.24, 2.45) is 0 Å². The molecule has 0 aromatic heterocycles. The fourth-order valence-electron chi connectivity index (χ4n) is 2.24. The summed E-state index contributed by atoms with van der Waals surface area (Å²) in [7, 11) is 1.43. The number of methoxy groups -OCH3 is 1. The molecule has 0 aliphatic carbocycles. The summed E-state index contributed by atoms with van der Waals surface area (Å²) in [6, 6.07) is 11.7. The van der Waals surface area contributed by atoms with E-state index in [0.717, 1.165) is 5.56 Å². The highest BCUT2D eigenvalue weighted by atomic mass is 16.5. The number of carboxylic acid groups (broad SMARTS) is 1. The van der Waals surface area contributed by atoms with E-state index in [2.05, 4.69) is 26.1 Å². The van der Waals surface area contributed by atoms with E-state index in [9.17, 15) is 9.59 Å². The molecule has 5 nitrogen and oxygen atoms in total. The first-order valence-corrected chi connectivity index (χ1v) is 7.55. The van der Waals surface area contributed by atoms with Gasteiger partial charge in [-0.15, -0.1) is 0 Å². The third kappa shape index (κ3) is 3.93. The van der Waals surface area contributed by atoms with Crippen LogP contribution in [0.2, 0.25) is 0 Å². The van der Waals surface area contributed by atoms with E-state index >= 15 is 0 Å². The molecule has 0 spiro atoms. The zero-order valence-corrected chi connectivity index (χ0v) is 14.2. The van der Waals surface area contributed by atoms with Gasteiger partial charge in [0.15, 0.2) is 0 Å². The summed E-state index contributed by atoms with van der Waals surface area (Å²) in [6.07, 6.45) is 0. The van der Waals surface area contributed by atoms with Gasteiger partial charge in [0.1, 0.15) is 5.75 Å². The van der Waals surface area contributed by atoms with Gasteiger partial charge in [-0.1, -0.05) is 32.9 Å². The van der Waals surface area contributed by atoms with Crippen LogP contribution in [-0.2, 0) is 5.41 Å². The molecule has 2 rings (SSSR count). The fraction of sp³-hybridized carbons (Fsp3) is 0.263. The van der Waals surface area contributed by atoms with E-state index in [1.165, 1.54) is 25.3 Å². The Balaban J connectivity index is 2.22. The molecule has 0 bridgehead atoms. The van der Waals surface area contributed by atoms with Crippen LogP contribution < -0.4 is 10.1 Å². The van der Waals surface area contributed by atoms with Gasteiger partial charge in [0.05, 0.1) is 18.4 Å². The normalized spacial score (nSPS) is 11.0. The summed E-state index contributed by atoms with van der Waals surface area (Å²) in [4.78, 5) is 23.4. The maximum absolute atomic E-state index is 12.4. The molecule has 0 radical (unpaired) electrons. The first-order valence-electron chi connectivity index (χ1n) is 7.55. The van der Waals surface area contributed by atoms with Crippen molar-refractivity contribution in [2.45, 2.75) is 26.2 Å². The van der Waals surface area contributed by atoms with Crippen LogP contribution in [0, 0.1) is 0 Å². The van der Waals surface area contributed by atoms with Crippen LogP contribution in [0.1, 0.15) is 47.1 Å². The van der Waals surface area contributed by atoms with Crippen molar-refractivity contribution in [3.05, 3.63) is 59.2 Å². The largest absolute Gasteiger partial charge is 0.495 e. The summed E-state index contributed by atoms with van der Waals surface area (Å²) in [5.41, 5.74) is 2.20. The average molecular weight is 327 g/mol. The molecule has 0 saturated heterocycles. The Kier molecular flexibility index (Phi) is 4.93. The molecule has 0 heterocycles. The van der Waals surface area contributed by atoms with Crippen molar-refractivity contribution in [1.29, 1.82) is 0 Å². The van der Waals surface area contributed by atoms with E-state index in [4.69, 9.17) is 9.84 Å². The predicted molar refractivity (Wildman–Crippen MR) is 93.0 cm³/mol. The third-order valence-corrected chi connectivity index (χ3v) is 3.71. The van der Waals surface area contributed by atoms with Gasteiger partial charge in [0, 0.05) is 5.56 Å². The smallest absolute Gasteiger partial charge is 0.335 e. The van der Waals surface area contributed by atoms with Crippen molar-refractivity contribution in [3.8, 4) is 5.75 Å². The number of aromatic carboxylic acids is 1. The number of benzene rings is 2. The number of hydrogen-bond acceptors (Lipinski definition) is 3. The average Bonchev–Trinajstić information content (AvgIpc) is 2.54. The van der Waals surface area contributed by atoms with E-state index in [-0.39, 0.29) is 16.9 Å². The molecule has 0 aliphatic heterocycles. The Morgan fingerprint density at radius 3 is 2.08 bits per heavy atom. The molecule has 0 atom stereocenters. The monoisotopic (exact) mass is 327 g/mol. The summed E-state index contributed by atoms with van der Waals surface area (Å²) < 4.78 is 5.16. The summed E-state index contributed by atoms with van der Waals surface area (Å²) in [5.74, 6) is -1.03. The van der Waals surface area contributed by atoms with Gasteiger partial charge in [-0.2, -0.15) is 0 Å². The van der Waals surface area contributed by atoms with Crippen LogP contribution >= 0.6 is 0 Å². The summed E-state index contributed by atoms with van der Waals surface area (Å²) in [6.45, 7) is 6.32.